The molecule has 0 bridgehead atoms. The van der Waals surface area contributed by atoms with E-state index in [1.165, 1.54) is 0 Å². The van der Waals surface area contributed by atoms with Crippen molar-refractivity contribution in [2.45, 2.75) is 27.2 Å². The van der Waals surface area contributed by atoms with Gasteiger partial charge in [-0.1, -0.05) is 37.3 Å². The predicted octanol–water partition coefficient (Wildman–Crippen LogP) is 4.54. The highest BCUT2D eigenvalue weighted by Gasteiger charge is 2.11. The molecule has 124 valence electrons. The van der Waals surface area contributed by atoms with Gasteiger partial charge in [0.05, 0.1) is 0 Å². The van der Waals surface area contributed by atoms with Crippen LogP contribution in [0.4, 0.5) is 11.4 Å². The number of anilines is 2. The average molecular weight is 322 g/mol. The van der Waals surface area contributed by atoms with E-state index in [-0.39, 0.29) is 11.8 Å². The lowest BCUT2D eigenvalue weighted by molar-refractivity contribution is -0.112. The second kappa shape index (κ2) is 8.11. The molecule has 4 nitrogen and oxygen atoms in total. The highest BCUT2D eigenvalue weighted by molar-refractivity contribution is 6.06. The number of hydrogen-bond donors (Lipinski definition) is 2. The van der Waals surface area contributed by atoms with E-state index in [4.69, 9.17) is 0 Å². The molecule has 2 amide bonds. The molecule has 0 unspecified atom stereocenters. The standard InChI is InChI=1S/C20H22N2O2/c1-4-9-14(2)19(23)21-17-12-8-13-18(15(17)3)22-20(24)16-10-6-5-7-11-16/h5-13H,4H2,1-3H3,(H,21,23)(H,22,24)/b14-9-. The van der Waals surface area contributed by atoms with Crippen LogP contribution in [0.25, 0.3) is 0 Å². The molecule has 0 saturated heterocycles. The summed E-state index contributed by atoms with van der Waals surface area (Å²) in [6, 6.07) is 14.5. The molecule has 0 aliphatic rings. The molecule has 4 heteroatoms. The maximum absolute atomic E-state index is 12.3. The van der Waals surface area contributed by atoms with Gasteiger partial charge in [0.2, 0.25) is 0 Å². The van der Waals surface area contributed by atoms with Gasteiger partial charge < -0.3 is 10.6 Å². The molecule has 0 aromatic heterocycles. The summed E-state index contributed by atoms with van der Waals surface area (Å²) < 4.78 is 0. The third-order valence-corrected chi connectivity index (χ3v) is 3.73. The third-order valence-electron chi connectivity index (χ3n) is 3.73. The van der Waals surface area contributed by atoms with E-state index in [2.05, 4.69) is 10.6 Å². The number of benzene rings is 2. The third kappa shape index (κ3) is 4.32. The van der Waals surface area contributed by atoms with Crippen molar-refractivity contribution in [2.24, 2.45) is 0 Å². The van der Waals surface area contributed by atoms with Crippen molar-refractivity contribution in [3.8, 4) is 0 Å². The number of carbonyl (C=O) groups is 2. The van der Waals surface area contributed by atoms with Crippen LogP contribution in [0.1, 0.15) is 36.2 Å². The van der Waals surface area contributed by atoms with Gasteiger partial charge in [0.25, 0.3) is 11.8 Å². The van der Waals surface area contributed by atoms with Crippen LogP contribution in [0.15, 0.2) is 60.2 Å². The van der Waals surface area contributed by atoms with E-state index >= 15 is 0 Å². The molecule has 0 aliphatic heterocycles. The van der Waals surface area contributed by atoms with Crippen molar-refractivity contribution < 1.29 is 9.59 Å². The van der Waals surface area contributed by atoms with E-state index in [9.17, 15) is 9.59 Å². The molecule has 0 heterocycles. The quantitative estimate of drug-likeness (QED) is 0.794. The van der Waals surface area contributed by atoms with Crippen LogP contribution < -0.4 is 10.6 Å². The minimum Gasteiger partial charge on any atom is -0.322 e. The number of rotatable bonds is 5. The highest BCUT2D eigenvalue weighted by atomic mass is 16.2. The van der Waals surface area contributed by atoms with E-state index < -0.39 is 0 Å². The van der Waals surface area contributed by atoms with Crippen molar-refractivity contribution >= 4 is 23.2 Å². The Kier molecular flexibility index (Phi) is 5.90. The monoisotopic (exact) mass is 322 g/mol. The fraction of sp³-hybridized carbons (Fsp3) is 0.200. The molecule has 24 heavy (non-hydrogen) atoms. The van der Waals surface area contributed by atoms with Crippen LogP contribution in [0.3, 0.4) is 0 Å². The summed E-state index contributed by atoms with van der Waals surface area (Å²) in [6.07, 6.45) is 2.69. The van der Waals surface area contributed by atoms with E-state index in [0.717, 1.165) is 12.0 Å². The second-order valence-electron chi connectivity index (χ2n) is 5.55. The summed E-state index contributed by atoms with van der Waals surface area (Å²) in [5, 5.41) is 5.78. The molecular weight excluding hydrogens is 300 g/mol. The van der Waals surface area contributed by atoms with Gasteiger partial charge in [0.1, 0.15) is 0 Å². The lowest BCUT2D eigenvalue weighted by atomic mass is 10.1. The predicted molar refractivity (Wildman–Crippen MR) is 98.3 cm³/mol. The van der Waals surface area contributed by atoms with Gasteiger partial charge in [-0.25, -0.2) is 0 Å². The molecule has 0 saturated carbocycles. The van der Waals surface area contributed by atoms with Crippen molar-refractivity contribution in [3.05, 3.63) is 71.3 Å². The minimum atomic E-state index is -0.177. The zero-order chi connectivity index (χ0) is 17.5. The topological polar surface area (TPSA) is 58.2 Å². The van der Waals surface area contributed by atoms with E-state index in [1.54, 1.807) is 19.1 Å². The van der Waals surface area contributed by atoms with Gasteiger partial charge in [-0.15, -0.1) is 0 Å². The normalized spacial score (nSPS) is 11.0. The maximum Gasteiger partial charge on any atom is 0.255 e. The molecule has 0 radical (unpaired) electrons. The minimum absolute atomic E-state index is 0.133. The first-order valence-electron chi connectivity index (χ1n) is 7.97. The zero-order valence-electron chi connectivity index (χ0n) is 14.2. The summed E-state index contributed by atoms with van der Waals surface area (Å²) in [5.41, 5.74) is 3.46. The molecule has 0 atom stereocenters. The van der Waals surface area contributed by atoms with Crippen LogP contribution in [-0.2, 0) is 4.79 Å². The Bertz CT molecular complexity index is 764. The fourth-order valence-corrected chi connectivity index (χ4v) is 2.31. The zero-order valence-corrected chi connectivity index (χ0v) is 14.2. The number of amides is 2. The largest absolute Gasteiger partial charge is 0.322 e. The van der Waals surface area contributed by atoms with E-state index in [1.807, 2.05) is 56.3 Å². The Hall–Kier alpha value is -2.88. The van der Waals surface area contributed by atoms with Gasteiger partial charge in [0.15, 0.2) is 0 Å². The van der Waals surface area contributed by atoms with Crippen LogP contribution in [-0.4, -0.2) is 11.8 Å². The molecule has 2 aromatic carbocycles. The SMILES string of the molecule is CC/C=C(/C)C(=O)Nc1cccc(NC(=O)c2ccccc2)c1C. The van der Waals surface area contributed by atoms with Crippen LogP contribution in [0.5, 0.6) is 0 Å². The van der Waals surface area contributed by atoms with Gasteiger partial charge in [-0.2, -0.15) is 0 Å². The molecule has 2 aromatic rings. The summed E-state index contributed by atoms with van der Waals surface area (Å²) in [7, 11) is 0. The lowest BCUT2D eigenvalue weighted by Crippen LogP contribution is -2.16. The van der Waals surface area contributed by atoms with Crippen molar-refractivity contribution in [3.63, 3.8) is 0 Å². The van der Waals surface area contributed by atoms with Crippen LogP contribution in [0.2, 0.25) is 0 Å². The van der Waals surface area contributed by atoms with Gasteiger partial charge in [-0.05, 0) is 50.1 Å². The first-order valence-corrected chi connectivity index (χ1v) is 7.97. The smallest absolute Gasteiger partial charge is 0.255 e. The maximum atomic E-state index is 12.3. The van der Waals surface area contributed by atoms with Crippen molar-refractivity contribution in [1.82, 2.24) is 0 Å². The molecule has 0 spiro atoms. The van der Waals surface area contributed by atoms with Gasteiger partial charge >= 0.3 is 0 Å². The van der Waals surface area contributed by atoms with Crippen LogP contribution in [0, 0.1) is 6.92 Å². The summed E-state index contributed by atoms with van der Waals surface area (Å²) in [5.74, 6) is -0.310. The first kappa shape index (κ1) is 17.5. The fourth-order valence-electron chi connectivity index (χ4n) is 2.31. The Morgan fingerprint density at radius 3 is 2.21 bits per heavy atom. The molecule has 2 N–H and O–H groups in total. The Labute approximate surface area is 142 Å². The summed E-state index contributed by atoms with van der Waals surface area (Å²) >= 11 is 0. The average Bonchev–Trinajstić information content (AvgIpc) is 2.59. The molecule has 0 aliphatic carbocycles. The molecule has 0 fully saturated rings. The Balaban J connectivity index is 2.17. The van der Waals surface area contributed by atoms with Crippen molar-refractivity contribution in [2.75, 3.05) is 10.6 Å². The number of allylic oxidation sites excluding steroid dienone is 1. The molecule has 2 rings (SSSR count). The Morgan fingerprint density at radius 1 is 0.958 bits per heavy atom. The number of nitrogens with one attached hydrogen (secondary N) is 2. The Morgan fingerprint density at radius 2 is 1.58 bits per heavy atom. The van der Waals surface area contributed by atoms with Crippen molar-refractivity contribution in [1.29, 1.82) is 0 Å². The van der Waals surface area contributed by atoms with Crippen LogP contribution >= 0.6 is 0 Å². The highest BCUT2D eigenvalue weighted by Crippen LogP contribution is 2.24. The summed E-state index contributed by atoms with van der Waals surface area (Å²) in [4.78, 5) is 24.4. The van der Waals surface area contributed by atoms with E-state index in [0.29, 0.717) is 22.5 Å². The number of hydrogen-bond acceptors (Lipinski definition) is 2. The summed E-state index contributed by atoms with van der Waals surface area (Å²) in [6.45, 7) is 5.64. The van der Waals surface area contributed by atoms with Gasteiger partial charge in [0, 0.05) is 22.5 Å². The molecular formula is C20H22N2O2. The van der Waals surface area contributed by atoms with Gasteiger partial charge in [-0.3, -0.25) is 9.59 Å². The lowest BCUT2D eigenvalue weighted by Gasteiger charge is -2.14. The number of carbonyl (C=O) groups excluding carboxylic acids is 2. The first-order chi connectivity index (χ1) is 11.5. The second-order valence-corrected chi connectivity index (χ2v) is 5.55.